The lowest BCUT2D eigenvalue weighted by molar-refractivity contribution is 0.141. The van der Waals surface area contributed by atoms with Crippen LogP contribution in [0.5, 0.6) is 0 Å². The van der Waals surface area contributed by atoms with Gasteiger partial charge in [0.15, 0.2) is 5.82 Å². The van der Waals surface area contributed by atoms with Gasteiger partial charge in [-0.05, 0) is 43.9 Å². The Morgan fingerprint density at radius 2 is 1.69 bits per heavy atom. The number of rotatable bonds is 6. The Balaban J connectivity index is 1.90. The van der Waals surface area contributed by atoms with Crippen LogP contribution in [0.1, 0.15) is 23.9 Å². The fourth-order valence-electron chi connectivity index (χ4n) is 2.80. The van der Waals surface area contributed by atoms with Gasteiger partial charge in [-0.25, -0.2) is 23.1 Å². The molecular formula is C19H19F3N4. The molecule has 1 aromatic heterocycles. The molecule has 0 aliphatic rings. The number of para-hydroxylation sites is 1. The van der Waals surface area contributed by atoms with Crippen molar-refractivity contribution in [3.05, 3.63) is 65.7 Å². The number of fused-ring (bicyclic) bond motifs is 1. The maximum absolute atomic E-state index is 13.2. The molecule has 0 bridgehead atoms. The monoisotopic (exact) mass is 360 g/mol. The van der Waals surface area contributed by atoms with Gasteiger partial charge in [-0.1, -0.05) is 24.3 Å². The minimum atomic E-state index is -2.75. The van der Waals surface area contributed by atoms with Crippen LogP contribution in [0.2, 0.25) is 0 Å². The number of anilines is 1. The summed E-state index contributed by atoms with van der Waals surface area (Å²) in [5.74, 6) is -0.447. The predicted molar refractivity (Wildman–Crippen MR) is 95.8 cm³/mol. The molecule has 136 valence electrons. The first kappa shape index (κ1) is 18.1. The summed E-state index contributed by atoms with van der Waals surface area (Å²) in [5, 5.41) is 3.83. The lowest BCUT2D eigenvalue weighted by atomic mass is 10.1. The van der Waals surface area contributed by atoms with E-state index in [4.69, 9.17) is 0 Å². The van der Waals surface area contributed by atoms with Gasteiger partial charge < -0.3 is 10.2 Å². The SMILES string of the molecule is CN(C)C(CNc1nc(C(F)F)nc2ccccc12)c1ccc(F)cc1. The van der Waals surface area contributed by atoms with Crippen molar-refractivity contribution in [3.8, 4) is 0 Å². The van der Waals surface area contributed by atoms with E-state index < -0.39 is 12.2 Å². The standard InChI is InChI=1S/C19H19F3N4/c1-26(2)16(12-7-9-13(20)10-8-12)11-23-18-14-5-3-4-6-15(14)24-19(25-18)17(21)22/h3-10,16-17H,11H2,1-2H3,(H,23,24,25). The molecule has 7 heteroatoms. The average Bonchev–Trinajstić information content (AvgIpc) is 2.62. The smallest absolute Gasteiger partial charge is 0.297 e. The normalized spacial score (nSPS) is 12.7. The van der Waals surface area contributed by atoms with Crippen molar-refractivity contribution in [2.75, 3.05) is 26.0 Å². The fourth-order valence-corrected chi connectivity index (χ4v) is 2.80. The first-order valence-electron chi connectivity index (χ1n) is 8.16. The summed E-state index contributed by atoms with van der Waals surface area (Å²) in [6, 6.07) is 13.2. The third kappa shape index (κ3) is 3.94. The molecule has 1 heterocycles. The Hall–Kier alpha value is -2.67. The summed E-state index contributed by atoms with van der Waals surface area (Å²) in [4.78, 5) is 9.87. The van der Waals surface area contributed by atoms with Gasteiger partial charge in [0.1, 0.15) is 11.6 Å². The van der Waals surface area contributed by atoms with Gasteiger partial charge in [-0.3, -0.25) is 0 Å². The van der Waals surface area contributed by atoms with Crippen LogP contribution in [0, 0.1) is 5.82 Å². The van der Waals surface area contributed by atoms with Gasteiger partial charge in [0.05, 0.1) is 11.6 Å². The number of alkyl halides is 2. The highest BCUT2D eigenvalue weighted by Crippen LogP contribution is 2.26. The number of benzene rings is 2. The second-order valence-corrected chi connectivity index (χ2v) is 6.16. The molecule has 0 aliphatic heterocycles. The van der Waals surface area contributed by atoms with Gasteiger partial charge >= 0.3 is 0 Å². The van der Waals surface area contributed by atoms with Crippen LogP contribution in [-0.4, -0.2) is 35.5 Å². The van der Waals surface area contributed by atoms with E-state index in [1.807, 2.05) is 25.1 Å². The molecule has 0 fully saturated rings. The Kier molecular flexibility index (Phi) is 5.37. The number of hydrogen-bond donors (Lipinski definition) is 1. The van der Waals surface area contributed by atoms with E-state index in [9.17, 15) is 13.2 Å². The predicted octanol–water partition coefficient (Wildman–Crippen LogP) is 4.42. The molecule has 0 aliphatic carbocycles. The van der Waals surface area contributed by atoms with Crippen LogP contribution in [0.4, 0.5) is 19.0 Å². The second kappa shape index (κ2) is 7.70. The van der Waals surface area contributed by atoms with Crippen LogP contribution in [0.3, 0.4) is 0 Å². The van der Waals surface area contributed by atoms with Gasteiger partial charge in [-0.15, -0.1) is 0 Å². The molecule has 1 unspecified atom stereocenters. The summed E-state index contributed by atoms with van der Waals surface area (Å²) in [7, 11) is 3.80. The maximum atomic E-state index is 13.2. The van der Waals surface area contributed by atoms with Crippen molar-refractivity contribution < 1.29 is 13.2 Å². The van der Waals surface area contributed by atoms with E-state index in [0.717, 1.165) is 5.56 Å². The van der Waals surface area contributed by atoms with E-state index in [1.165, 1.54) is 12.1 Å². The minimum Gasteiger partial charge on any atom is -0.368 e. The molecule has 1 atom stereocenters. The zero-order valence-electron chi connectivity index (χ0n) is 14.5. The van der Waals surface area contributed by atoms with E-state index in [0.29, 0.717) is 23.3 Å². The van der Waals surface area contributed by atoms with E-state index in [1.54, 1.807) is 30.3 Å². The third-order valence-corrected chi connectivity index (χ3v) is 4.16. The van der Waals surface area contributed by atoms with E-state index in [-0.39, 0.29) is 11.9 Å². The number of hydrogen-bond acceptors (Lipinski definition) is 4. The molecule has 0 saturated heterocycles. The molecule has 3 rings (SSSR count). The van der Waals surface area contributed by atoms with Crippen molar-refractivity contribution in [3.63, 3.8) is 0 Å². The Morgan fingerprint density at radius 3 is 2.35 bits per heavy atom. The third-order valence-electron chi connectivity index (χ3n) is 4.16. The highest BCUT2D eigenvalue weighted by Gasteiger charge is 2.18. The lowest BCUT2D eigenvalue weighted by Gasteiger charge is -2.25. The largest absolute Gasteiger partial charge is 0.368 e. The number of nitrogens with zero attached hydrogens (tertiary/aromatic N) is 3. The van der Waals surface area contributed by atoms with E-state index in [2.05, 4.69) is 15.3 Å². The number of likely N-dealkylation sites (N-methyl/N-ethyl adjacent to an activating group) is 1. The summed E-state index contributed by atoms with van der Waals surface area (Å²) in [6.07, 6.45) is -2.75. The van der Waals surface area contributed by atoms with Crippen LogP contribution in [0.15, 0.2) is 48.5 Å². The molecule has 0 spiro atoms. The quantitative estimate of drug-likeness (QED) is 0.706. The maximum Gasteiger partial charge on any atom is 0.297 e. The fraction of sp³-hybridized carbons (Fsp3) is 0.263. The number of nitrogens with one attached hydrogen (secondary N) is 1. The number of aromatic nitrogens is 2. The van der Waals surface area contributed by atoms with Crippen molar-refractivity contribution >= 4 is 16.7 Å². The van der Waals surface area contributed by atoms with Crippen LogP contribution in [-0.2, 0) is 0 Å². The molecular weight excluding hydrogens is 341 g/mol. The lowest BCUT2D eigenvalue weighted by Crippen LogP contribution is -2.27. The van der Waals surface area contributed by atoms with Gasteiger partial charge in [0.2, 0.25) is 0 Å². The van der Waals surface area contributed by atoms with Gasteiger partial charge in [0, 0.05) is 11.9 Å². The summed E-state index contributed by atoms with van der Waals surface area (Å²) >= 11 is 0. The Labute approximate surface area is 149 Å². The zero-order valence-corrected chi connectivity index (χ0v) is 14.5. The molecule has 3 aromatic rings. The summed E-state index contributed by atoms with van der Waals surface area (Å²) in [5.41, 5.74) is 1.37. The van der Waals surface area contributed by atoms with Crippen LogP contribution >= 0.6 is 0 Å². The highest BCUT2D eigenvalue weighted by molar-refractivity contribution is 5.89. The molecule has 2 aromatic carbocycles. The minimum absolute atomic E-state index is 0.0840. The summed E-state index contributed by atoms with van der Waals surface area (Å²) < 4.78 is 39.4. The van der Waals surface area contributed by atoms with Gasteiger partial charge in [-0.2, -0.15) is 0 Å². The van der Waals surface area contributed by atoms with E-state index >= 15 is 0 Å². The second-order valence-electron chi connectivity index (χ2n) is 6.16. The van der Waals surface area contributed by atoms with Crippen LogP contribution in [0.25, 0.3) is 10.9 Å². The summed E-state index contributed by atoms with van der Waals surface area (Å²) in [6.45, 7) is 0.419. The van der Waals surface area contributed by atoms with Crippen LogP contribution < -0.4 is 5.32 Å². The molecule has 26 heavy (non-hydrogen) atoms. The topological polar surface area (TPSA) is 41.0 Å². The molecule has 0 amide bonds. The van der Waals surface area contributed by atoms with Crippen molar-refractivity contribution in [1.29, 1.82) is 0 Å². The Morgan fingerprint density at radius 1 is 1.00 bits per heavy atom. The Bertz CT molecular complexity index is 882. The molecule has 4 nitrogen and oxygen atoms in total. The van der Waals surface area contributed by atoms with Crippen molar-refractivity contribution in [1.82, 2.24) is 14.9 Å². The van der Waals surface area contributed by atoms with Crippen molar-refractivity contribution in [2.45, 2.75) is 12.5 Å². The average molecular weight is 360 g/mol. The first-order chi connectivity index (χ1) is 12.5. The highest BCUT2D eigenvalue weighted by atomic mass is 19.3. The molecule has 1 N–H and O–H groups in total. The number of halogens is 3. The first-order valence-corrected chi connectivity index (χ1v) is 8.16. The zero-order chi connectivity index (χ0) is 18.7. The molecule has 0 saturated carbocycles. The van der Waals surface area contributed by atoms with Gasteiger partial charge in [0.25, 0.3) is 6.43 Å². The molecule has 0 radical (unpaired) electrons. The van der Waals surface area contributed by atoms with Crippen molar-refractivity contribution in [2.24, 2.45) is 0 Å².